The molecule has 0 aromatic carbocycles. The number of nitrogens with zero attached hydrogens (tertiary/aromatic N) is 1. The zero-order chi connectivity index (χ0) is 13.1. The molecule has 0 atom stereocenters. The molecule has 0 unspecified atom stereocenters. The van der Waals surface area contributed by atoms with E-state index < -0.39 is 0 Å². The number of hydrogen-bond donors (Lipinski definition) is 3. The van der Waals surface area contributed by atoms with Gasteiger partial charge in [-0.3, -0.25) is 4.99 Å². The van der Waals surface area contributed by atoms with Crippen LogP contribution in [0.1, 0.15) is 12.2 Å². The molecule has 0 radical (unpaired) electrons. The summed E-state index contributed by atoms with van der Waals surface area (Å²) in [5.41, 5.74) is 0. The van der Waals surface area contributed by atoms with E-state index in [1.54, 1.807) is 13.3 Å². The minimum Gasteiger partial charge on any atom is -0.467 e. The van der Waals surface area contributed by atoms with Crippen LogP contribution in [0, 0.1) is 0 Å². The Balaban J connectivity index is 0.00000324. The smallest absolute Gasteiger partial charge is 0.191 e. The summed E-state index contributed by atoms with van der Waals surface area (Å²) in [7, 11) is 1.72. The number of furan rings is 1. The fraction of sp³-hybridized carbons (Fsp3) is 0.583. The lowest BCUT2D eigenvalue weighted by Gasteiger charge is -2.10. The van der Waals surface area contributed by atoms with Gasteiger partial charge in [-0.25, -0.2) is 0 Å². The van der Waals surface area contributed by atoms with Gasteiger partial charge >= 0.3 is 0 Å². The monoisotopic (exact) mass is 383 g/mol. The average Bonchev–Trinajstić information content (AvgIpc) is 2.90. The van der Waals surface area contributed by atoms with Crippen LogP contribution < -0.4 is 10.6 Å². The molecule has 0 aliphatic heterocycles. The lowest BCUT2D eigenvalue weighted by Crippen LogP contribution is -2.37. The molecule has 0 bridgehead atoms. The molecule has 0 saturated heterocycles. The quantitative estimate of drug-likeness (QED) is 0.270. The van der Waals surface area contributed by atoms with Gasteiger partial charge in [-0.05, 0) is 18.6 Å². The van der Waals surface area contributed by atoms with Crippen LogP contribution in [0.3, 0.4) is 0 Å². The second-order valence-corrected chi connectivity index (χ2v) is 3.62. The van der Waals surface area contributed by atoms with Crippen LogP contribution in [-0.2, 0) is 11.3 Å². The first-order valence-corrected chi connectivity index (χ1v) is 6.02. The summed E-state index contributed by atoms with van der Waals surface area (Å²) in [6.07, 6.45) is 2.51. The first kappa shape index (κ1) is 18.2. The molecular weight excluding hydrogens is 361 g/mol. The second-order valence-electron chi connectivity index (χ2n) is 3.62. The highest BCUT2D eigenvalue weighted by molar-refractivity contribution is 14.0. The summed E-state index contributed by atoms with van der Waals surface area (Å²) >= 11 is 0. The summed E-state index contributed by atoms with van der Waals surface area (Å²) in [4.78, 5) is 4.09. The molecule has 0 aliphatic carbocycles. The lowest BCUT2D eigenvalue weighted by atomic mass is 10.4. The van der Waals surface area contributed by atoms with Crippen molar-refractivity contribution >= 4 is 29.9 Å². The van der Waals surface area contributed by atoms with Gasteiger partial charge in [-0.15, -0.1) is 24.0 Å². The van der Waals surface area contributed by atoms with Gasteiger partial charge in [0.25, 0.3) is 0 Å². The summed E-state index contributed by atoms with van der Waals surface area (Å²) in [5.74, 6) is 1.60. The van der Waals surface area contributed by atoms with Gasteiger partial charge in [-0.2, -0.15) is 0 Å². The Morgan fingerprint density at radius 2 is 2.26 bits per heavy atom. The third-order valence-corrected chi connectivity index (χ3v) is 2.23. The molecule has 0 fully saturated rings. The highest BCUT2D eigenvalue weighted by atomic mass is 127. The Labute approximate surface area is 130 Å². The minimum atomic E-state index is 0. The predicted octanol–water partition coefficient (Wildman–Crippen LogP) is 0.962. The summed E-state index contributed by atoms with van der Waals surface area (Å²) < 4.78 is 10.4. The van der Waals surface area contributed by atoms with Crippen molar-refractivity contribution < 1.29 is 14.3 Å². The van der Waals surface area contributed by atoms with Crippen molar-refractivity contribution in [1.82, 2.24) is 10.6 Å². The van der Waals surface area contributed by atoms with Crippen LogP contribution >= 0.6 is 24.0 Å². The molecule has 7 heteroatoms. The Kier molecular flexibility index (Phi) is 11.7. The van der Waals surface area contributed by atoms with Gasteiger partial charge in [0.05, 0.1) is 26.0 Å². The maximum absolute atomic E-state index is 8.53. The number of hydrogen-bond acceptors (Lipinski definition) is 4. The van der Waals surface area contributed by atoms with E-state index in [0.717, 1.165) is 24.7 Å². The van der Waals surface area contributed by atoms with Crippen LogP contribution in [0.25, 0.3) is 0 Å². The molecule has 1 aromatic heterocycles. The van der Waals surface area contributed by atoms with E-state index in [1.807, 2.05) is 12.1 Å². The first-order valence-electron chi connectivity index (χ1n) is 6.02. The fourth-order valence-corrected chi connectivity index (χ4v) is 1.35. The fourth-order valence-electron chi connectivity index (χ4n) is 1.35. The first-order chi connectivity index (χ1) is 8.86. The number of guanidine groups is 1. The molecule has 3 N–H and O–H groups in total. The predicted molar refractivity (Wildman–Crippen MR) is 84.8 cm³/mol. The van der Waals surface area contributed by atoms with Crippen LogP contribution in [-0.4, -0.2) is 44.5 Å². The van der Waals surface area contributed by atoms with Gasteiger partial charge in [0, 0.05) is 20.2 Å². The van der Waals surface area contributed by atoms with E-state index in [4.69, 9.17) is 14.3 Å². The normalized spacial score (nSPS) is 10.9. The Bertz CT molecular complexity index is 331. The van der Waals surface area contributed by atoms with Crippen LogP contribution in [0.5, 0.6) is 0 Å². The number of aliphatic imine (C=N–C) groups is 1. The molecule has 6 nitrogen and oxygen atoms in total. The molecule has 0 aliphatic rings. The maximum Gasteiger partial charge on any atom is 0.191 e. The third kappa shape index (κ3) is 8.84. The highest BCUT2D eigenvalue weighted by Crippen LogP contribution is 1.98. The van der Waals surface area contributed by atoms with E-state index in [-0.39, 0.29) is 30.6 Å². The number of ether oxygens (including phenoxy) is 1. The third-order valence-electron chi connectivity index (χ3n) is 2.23. The summed E-state index contributed by atoms with van der Waals surface area (Å²) in [6.45, 7) is 2.46. The molecule has 0 spiro atoms. The van der Waals surface area contributed by atoms with Crippen LogP contribution in [0.15, 0.2) is 27.8 Å². The standard InChI is InChI=1S/C12H21N3O3.HI/c1-13-12(14-5-3-7-17-9-6-16)15-10-11-4-2-8-18-11;/h2,4,8,16H,3,5-7,9-10H2,1H3,(H2,13,14,15);1H. The van der Waals surface area contributed by atoms with Crippen molar-refractivity contribution in [3.05, 3.63) is 24.2 Å². The largest absolute Gasteiger partial charge is 0.467 e. The molecule has 0 saturated carbocycles. The average molecular weight is 383 g/mol. The summed E-state index contributed by atoms with van der Waals surface area (Å²) in [5, 5.41) is 14.8. The van der Waals surface area contributed by atoms with Crippen molar-refractivity contribution in [2.24, 2.45) is 4.99 Å². The van der Waals surface area contributed by atoms with Crippen molar-refractivity contribution in [1.29, 1.82) is 0 Å². The van der Waals surface area contributed by atoms with Gasteiger partial charge in [-0.1, -0.05) is 0 Å². The Hall–Kier alpha value is -0.800. The molecule has 19 heavy (non-hydrogen) atoms. The van der Waals surface area contributed by atoms with Gasteiger partial charge in [0.2, 0.25) is 0 Å². The van der Waals surface area contributed by atoms with Crippen LogP contribution in [0.2, 0.25) is 0 Å². The van der Waals surface area contributed by atoms with E-state index in [9.17, 15) is 0 Å². The maximum atomic E-state index is 8.53. The molecule has 1 heterocycles. The minimum absolute atomic E-state index is 0. The van der Waals surface area contributed by atoms with Gasteiger partial charge in [0.1, 0.15) is 5.76 Å². The molecular formula is C12H22IN3O3. The highest BCUT2D eigenvalue weighted by Gasteiger charge is 1.99. The van der Waals surface area contributed by atoms with Crippen LogP contribution in [0.4, 0.5) is 0 Å². The molecule has 0 amide bonds. The van der Waals surface area contributed by atoms with E-state index in [2.05, 4.69) is 15.6 Å². The van der Waals surface area contributed by atoms with Crippen molar-refractivity contribution in [2.45, 2.75) is 13.0 Å². The zero-order valence-electron chi connectivity index (χ0n) is 11.1. The molecule has 110 valence electrons. The topological polar surface area (TPSA) is 79.0 Å². The lowest BCUT2D eigenvalue weighted by molar-refractivity contribution is 0.0912. The van der Waals surface area contributed by atoms with Gasteiger partial charge < -0.3 is 24.9 Å². The molecule has 1 aromatic rings. The molecule has 1 rings (SSSR count). The van der Waals surface area contributed by atoms with E-state index in [1.165, 1.54) is 0 Å². The Morgan fingerprint density at radius 1 is 1.42 bits per heavy atom. The zero-order valence-corrected chi connectivity index (χ0v) is 13.4. The Morgan fingerprint density at radius 3 is 2.89 bits per heavy atom. The number of rotatable bonds is 8. The SMILES string of the molecule is CN=C(NCCCOCCO)NCc1ccco1.I. The van der Waals surface area contributed by atoms with Crippen molar-refractivity contribution in [2.75, 3.05) is 33.4 Å². The number of nitrogens with one attached hydrogen (secondary N) is 2. The number of aliphatic hydroxyl groups is 1. The van der Waals surface area contributed by atoms with Crippen molar-refractivity contribution in [3.8, 4) is 0 Å². The number of halogens is 1. The second kappa shape index (κ2) is 12.2. The summed E-state index contributed by atoms with van der Waals surface area (Å²) in [6, 6.07) is 3.76. The van der Waals surface area contributed by atoms with E-state index >= 15 is 0 Å². The van der Waals surface area contributed by atoms with Crippen molar-refractivity contribution in [3.63, 3.8) is 0 Å². The van der Waals surface area contributed by atoms with Gasteiger partial charge in [0.15, 0.2) is 5.96 Å². The van der Waals surface area contributed by atoms with E-state index in [0.29, 0.717) is 19.8 Å². The number of aliphatic hydroxyl groups excluding tert-OH is 1.